The van der Waals surface area contributed by atoms with Gasteiger partial charge in [0.1, 0.15) is 11.6 Å². The van der Waals surface area contributed by atoms with Gasteiger partial charge in [-0.2, -0.15) is 0 Å². The van der Waals surface area contributed by atoms with Gasteiger partial charge in [0.15, 0.2) is 5.82 Å². The van der Waals surface area contributed by atoms with Crippen molar-refractivity contribution >= 4 is 29.2 Å². The van der Waals surface area contributed by atoms with Gasteiger partial charge in [0.25, 0.3) is 0 Å². The second-order valence-corrected chi connectivity index (χ2v) is 7.74. The fourth-order valence-electron chi connectivity index (χ4n) is 4.03. The molecule has 158 valence electrons. The van der Waals surface area contributed by atoms with Crippen LogP contribution in [0.25, 0.3) is 11.3 Å². The van der Waals surface area contributed by atoms with Crippen LogP contribution in [0.3, 0.4) is 0 Å². The zero-order valence-electron chi connectivity index (χ0n) is 17.3. The van der Waals surface area contributed by atoms with E-state index >= 15 is 0 Å². The van der Waals surface area contributed by atoms with Crippen molar-refractivity contribution < 1.29 is 4.79 Å². The summed E-state index contributed by atoms with van der Waals surface area (Å²) in [5, 5.41) is 6.27. The summed E-state index contributed by atoms with van der Waals surface area (Å²) in [4.78, 5) is 30.7. The number of aromatic nitrogens is 3. The summed E-state index contributed by atoms with van der Waals surface area (Å²) in [5.74, 6) is 2.13. The molecule has 2 aliphatic rings. The molecule has 1 fully saturated rings. The largest absolute Gasteiger partial charge is 0.382 e. The lowest BCUT2D eigenvalue weighted by atomic mass is 10.1. The first kappa shape index (κ1) is 19.3. The van der Waals surface area contributed by atoms with Crippen molar-refractivity contribution in [3.63, 3.8) is 0 Å². The fourth-order valence-corrected chi connectivity index (χ4v) is 4.03. The molecule has 0 aliphatic carbocycles. The van der Waals surface area contributed by atoms with Gasteiger partial charge in [-0.1, -0.05) is 6.07 Å². The maximum Gasteiger partial charge on any atom is 0.328 e. The molecule has 2 aliphatic heterocycles. The first-order valence-electron chi connectivity index (χ1n) is 10.7. The minimum absolute atomic E-state index is 0.235. The Balaban J connectivity index is 1.46. The van der Waals surface area contributed by atoms with Gasteiger partial charge in [-0.25, -0.2) is 19.7 Å². The highest BCUT2D eigenvalue weighted by molar-refractivity contribution is 6.02. The van der Waals surface area contributed by atoms with Gasteiger partial charge in [-0.05, 0) is 55.7 Å². The lowest BCUT2D eigenvalue weighted by Crippen LogP contribution is -2.36. The van der Waals surface area contributed by atoms with E-state index in [1.165, 1.54) is 12.8 Å². The average molecular weight is 416 g/mol. The van der Waals surface area contributed by atoms with Crippen LogP contribution in [-0.4, -0.2) is 47.2 Å². The molecule has 31 heavy (non-hydrogen) atoms. The SMILES string of the molecule is O=C(Nc1ccccn1)N1CCCNc2ccc(-c3ccnc(N4CCCC4)c3)nc21. The Morgan fingerprint density at radius 3 is 2.71 bits per heavy atom. The molecule has 0 aromatic carbocycles. The number of carbonyl (C=O) groups is 1. The van der Waals surface area contributed by atoms with E-state index in [1.807, 2.05) is 36.5 Å². The van der Waals surface area contributed by atoms with Crippen molar-refractivity contribution in [1.82, 2.24) is 15.0 Å². The van der Waals surface area contributed by atoms with Crippen LogP contribution in [-0.2, 0) is 0 Å². The third-order valence-electron chi connectivity index (χ3n) is 5.62. The Morgan fingerprint density at radius 1 is 0.968 bits per heavy atom. The molecule has 3 aromatic heterocycles. The number of hydrogen-bond donors (Lipinski definition) is 2. The molecular formula is C23H25N7O. The number of carbonyl (C=O) groups excluding carboxylic acids is 1. The number of hydrogen-bond acceptors (Lipinski definition) is 6. The van der Waals surface area contributed by atoms with Crippen LogP contribution in [0.1, 0.15) is 19.3 Å². The molecule has 5 rings (SSSR count). The Morgan fingerprint density at radius 2 is 1.87 bits per heavy atom. The summed E-state index contributed by atoms with van der Waals surface area (Å²) in [6, 6.07) is 13.3. The Labute approximate surface area is 181 Å². The van der Waals surface area contributed by atoms with Crippen molar-refractivity contribution in [3.8, 4) is 11.3 Å². The van der Waals surface area contributed by atoms with E-state index in [0.29, 0.717) is 18.2 Å². The molecule has 2 amide bonds. The zero-order chi connectivity index (χ0) is 21.0. The van der Waals surface area contributed by atoms with E-state index in [0.717, 1.165) is 48.8 Å². The molecule has 3 aromatic rings. The normalized spacial score (nSPS) is 15.7. The van der Waals surface area contributed by atoms with Gasteiger partial charge in [0.2, 0.25) is 0 Å². The number of nitrogens with zero attached hydrogens (tertiary/aromatic N) is 5. The third kappa shape index (κ3) is 4.14. The predicted octanol–water partition coefficient (Wildman–Crippen LogP) is 3.99. The second kappa shape index (κ2) is 8.59. The van der Waals surface area contributed by atoms with Gasteiger partial charge >= 0.3 is 6.03 Å². The first-order valence-corrected chi connectivity index (χ1v) is 10.7. The topological polar surface area (TPSA) is 86.3 Å². The summed E-state index contributed by atoms with van der Waals surface area (Å²) in [6.07, 6.45) is 6.73. The minimum Gasteiger partial charge on any atom is -0.382 e. The lowest BCUT2D eigenvalue weighted by molar-refractivity contribution is 0.256. The highest BCUT2D eigenvalue weighted by atomic mass is 16.2. The second-order valence-electron chi connectivity index (χ2n) is 7.74. The lowest BCUT2D eigenvalue weighted by Gasteiger charge is -2.22. The zero-order valence-corrected chi connectivity index (χ0v) is 17.3. The van der Waals surface area contributed by atoms with Gasteiger partial charge in [-0.15, -0.1) is 0 Å². The molecule has 0 radical (unpaired) electrons. The smallest absolute Gasteiger partial charge is 0.328 e. The van der Waals surface area contributed by atoms with Crippen LogP contribution in [0.4, 0.5) is 27.9 Å². The number of rotatable bonds is 3. The molecule has 5 heterocycles. The number of amides is 2. The van der Waals surface area contributed by atoms with E-state index in [4.69, 9.17) is 4.98 Å². The number of pyridine rings is 3. The number of nitrogens with one attached hydrogen (secondary N) is 2. The summed E-state index contributed by atoms with van der Waals surface area (Å²) in [6.45, 7) is 3.44. The molecule has 0 unspecified atom stereocenters. The summed E-state index contributed by atoms with van der Waals surface area (Å²) in [7, 11) is 0. The van der Waals surface area contributed by atoms with Crippen LogP contribution >= 0.6 is 0 Å². The van der Waals surface area contributed by atoms with E-state index in [9.17, 15) is 4.79 Å². The predicted molar refractivity (Wildman–Crippen MR) is 123 cm³/mol. The number of anilines is 4. The Bertz CT molecular complexity index is 1070. The number of urea groups is 1. The standard InChI is InChI=1S/C23H25N7O/c31-23(28-20-6-1-2-10-25-20)30-15-5-11-24-19-8-7-18(27-22(19)30)17-9-12-26-21(16-17)29-13-3-4-14-29/h1-2,6-10,12,16,24H,3-5,11,13-15H2,(H,25,28,31). The summed E-state index contributed by atoms with van der Waals surface area (Å²) >= 11 is 0. The van der Waals surface area contributed by atoms with Gasteiger partial charge < -0.3 is 10.2 Å². The molecule has 8 heteroatoms. The fraction of sp³-hybridized carbons (Fsp3) is 0.304. The van der Waals surface area contributed by atoms with Crippen LogP contribution < -0.4 is 20.4 Å². The highest BCUT2D eigenvalue weighted by Crippen LogP contribution is 2.31. The average Bonchev–Trinajstić information content (AvgIpc) is 3.27. The molecule has 2 N–H and O–H groups in total. The first-order chi connectivity index (χ1) is 15.3. The van der Waals surface area contributed by atoms with E-state index in [2.05, 4.69) is 31.6 Å². The minimum atomic E-state index is -0.235. The van der Waals surface area contributed by atoms with Crippen molar-refractivity contribution in [2.24, 2.45) is 0 Å². The van der Waals surface area contributed by atoms with E-state index in [-0.39, 0.29) is 6.03 Å². The van der Waals surface area contributed by atoms with Gasteiger partial charge in [0, 0.05) is 44.1 Å². The Kier molecular flexibility index (Phi) is 5.35. The molecule has 0 spiro atoms. The summed E-state index contributed by atoms with van der Waals surface area (Å²) < 4.78 is 0. The quantitative estimate of drug-likeness (QED) is 0.673. The van der Waals surface area contributed by atoms with Crippen LogP contribution in [0, 0.1) is 0 Å². The monoisotopic (exact) mass is 415 g/mol. The van der Waals surface area contributed by atoms with Crippen molar-refractivity contribution in [2.45, 2.75) is 19.3 Å². The van der Waals surface area contributed by atoms with Crippen LogP contribution in [0.15, 0.2) is 54.9 Å². The van der Waals surface area contributed by atoms with Gasteiger partial charge in [-0.3, -0.25) is 10.2 Å². The maximum absolute atomic E-state index is 13.0. The Hall–Kier alpha value is -3.68. The van der Waals surface area contributed by atoms with Crippen LogP contribution in [0.2, 0.25) is 0 Å². The molecule has 1 saturated heterocycles. The highest BCUT2D eigenvalue weighted by Gasteiger charge is 2.24. The molecule has 8 nitrogen and oxygen atoms in total. The van der Waals surface area contributed by atoms with Crippen molar-refractivity contribution in [1.29, 1.82) is 0 Å². The van der Waals surface area contributed by atoms with Gasteiger partial charge in [0.05, 0.1) is 11.4 Å². The summed E-state index contributed by atoms with van der Waals surface area (Å²) in [5.41, 5.74) is 2.67. The van der Waals surface area contributed by atoms with E-state index in [1.54, 1.807) is 17.2 Å². The third-order valence-corrected chi connectivity index (χ3v) is 5.62. The van der Waals surface area contributed by atoms with E-state index < -0.39 is 0 Å². The maximum atomic E-state index is 13.0. The molecule has 0 atom stereocenters. The van der Waals surface area contributed by atoms with Crippen LogP contribution in [0.5, 0.6) is 0 Å². The molecule has 0 bridgehead atoms. The van der Waals surface area contributed by atoms with Crippen molar-refractivity contribution in [2.75, 3.05) is 46.6 Å². The molecular weight excluding hydrogens is 390 g/mol. The number of fused-ring (bicyclic) bond motifs is 1. The van der Waals surface area contributed by atoms with Crippen molar-refractivity contribution in [3.05, 3.63) is 54.9 Å². The molecule has 0 saturated carbocycles.